The molecule has 186 valence electrons. The normalized spacial score (nSPS) is 26.5. The van der Waals surface area contributed by atoms with E-state index in [9.17, 15) is 13.2 Å². The van der Waals surface area contributed by atoms with Crippen molar-refractivity contribution in [3.63, 3.8) is 0 Å². The van der Waals surface area contributed by atoms with Gasteiger partial charge in [0.1, 0.15) is 0 Å². The number of aromatic nitrogens is 2. The first kappa shape index (κ1) is 23.2. The number of sulfonamides is 1. The van der Waals surface area contributed by atoms with E-state index in [1.54, 1.807) is 25.1 Å². The van der Waals surface area contributed by atoms with Gasteiger partial charge in [0.2, 0.25) is 5.95 Å². The molecular weight excluding hydrogens is 472 g/mol. The molecule has 4 aliphatic carbocycles. The fraction of sp³-hybridized carbons (Fsp3) is 0.393. The fourth-order valence-electron chi connectivity index (χ4n) is 7.04. The van der Waals surface area contributed by atoms with Crippen LogP contribution < -0.4 is 10.0 Å². The standard InChI is InChI=1S/C28H30N4O3S/c1-18-10-11-29-27(30-18)32-36(34,35)25-8-6-24(7-9-25)31-26(33)22-2-4-23(5-3-22)28-15-19-12-20(16-28)14-21(13-19)17-28/h2-11,19-21H,12-17H2,1H3,(H,31,33)(H,29,30,32). The maximum Gasteiger partial charge on any atom is 0.264 e. The lowest BCUT2D eigenvalue weighted by molar-refractivity contribution is -0.00519. The molecule has 36 heavy (non-hydrogen) atoms. The molecule has 0 atom stereocenters. The van der Waals surface area contributed by atoms with Gasteiger partial charge in [-0.3, -0.25) is 4.79 Å². The summed E-state index contributed by atoms with van der Waals surface area (Å²) in [5.41, 5.74) is 3.47. The Labute approximate surface area is 211 Å². The van der Waals surface area contributed by atoms with Gasteiger partial charge in [0.25, 0.3) is 15.9 Å². The maximum atomic E-state index is 12.9. The van der Waals surface area contributed by atoms with Gasteiger partial charge in [-0.25, -0.2) is 23.1 Å². The Kier molecular flexibility index (Phi) is 5.59. The third-order valence-electron chi connectivity index (χ3n) is 8.24. The van der Waals surface area contributed by atoms with E-state index in [1.165, 1.54) is 62.4 Å². The van der Waals surface area contributed by atoms with E-state index in [4.69, 9.17) is 0 Å². The predicted octanol–water partition coefficient (Wildman–Crippen LogP) is 5.31. The number of rotatable bonds is 6. The number of carbonyl (C=O) groups excluding carboxylic acids is 1. The van der Waals surface area contributed by atoms with Crippen molar-refractivity contribution in [3.8, 4) is 0 Å². The van der Waals surface area contributed by atoms with E-state index in [-0.39, 0.29) is 16.8 Å². The van der Waals surface area contributed by atoms with Crippen LogP contribution in [0.5, 0.6) is 0 Å². The van der Waals surface area contributed by atoms with Crippen LogP contribution in [-0.4, -0.2) is 24.3 Å². The zero-order chi connectivity index (χ0) is 24.9. The van der Waals surface area contributed by atoms with Crippen LogP contribution in [0.1, 0.15) is 60.1 Å². The summed E-state index contributed by atoms with van der Waals surface area (Å²) in [5, 5.41) is 2.87. The number of hydrogen-bond acceptors (Lipinski definition) is 5. The lowest BCUT2D eigenvalue weighted by Crippen LogP contribution is -2.48. The highest BCUT2D eigenvalue weighted by Crippen LogP contribution is 2.60. The number of hydrogen-bond donors (Lipinski definition) is 2. The van der Waals surface area contributed by atoms with Crippen molar-refractivity contribution >= 4 is 27.6 Å². The SMILES string of the molecule is Cc1ccnc(NS(=O)(=O)c2ccc(NC(=O)c3ccc(C45CC6CC(CC(C6)C4)C5)cc3)cc2)n1. The molecule has 1 amide bonds. The summed E-state index contributed by atoms with van der Waals surface area (Å²) in [4.78, 5) is 20.9. The number of carbonyl (C=O) groups is 1. The lowest BCUT2D eigenvalue weighted by Gasteiger charge is -2.57. The molecule has 4 aliphatic rings. The Morgan fingerprint density at radius 3 is 2.08 bits per heavy atom. The van der Waals surface area contributed by atoms with Crippen LogP contribution in [0.3, 0.4) is 0 Å². The predicted molar refractivity (Wildman–Crippen MR) is 138 cm³/mol. The van der Waals surface area contributed by atoms with Gasteiger partial charge < -0.3 is 5.32 Å². The van der Waals surface area contributed by atoms with Gasteiger partial charge in [-0.2, -0.15) is 0 Å². The summed E-state index contributed by atoms with van der Waals surface area (Å²) >= 11 is 0. The molecule has 4 bridgehead atoms. The third-order valence-corrected chi connectivity index (χ3v) is 9.58. The summed E-state index contributed by atoms with van der Waals surface area (Å²) in [6.45, 7) is 1.76. The van der Waals surface area contributed by atoms with Gasteiger partial charge in [0, 0.05) is 23.1 Å². The van der Waals surface area contributed by atoms with Crippen molar-refractivity contribution in [2.24, 2.45) is 17.8 Å². The van der Waals surface area contributed by atoms with E-state index < -0.39 is 10.0 Å². The highest BCUT2D eigenvalue weighted by molar-refractivity contribution is 7.92. The molecule has 0 saturated heterocycles. The average Bonchev–Trinajstić information content (AvgIpc) is 2.83. The number of aryl methyl sites for hydroxylation is 1. The molecule has 7 rings (SSSR count). The summed E-state index contributed by atoms with van der Waals surface area (Å²) < 4.78 is 27.7. The van der Waals surface area contributed by atoms with Crippen molar-refractivity contribution in [2.75, 3.05) is 10.0 Å². The molecule has 2 aromatic carbocycles. The summed E-state index contributed by atoms with van der Waals surface area (Å²) in [6.07, 6.45) is 9.62. The van der Waals surface area contributed by atoms with Gasteiger partial charge in [-0.15, -0.1) is 0 Å². The van der Waals surface area contributed by atoms with Crippen LogP contribution in [-0.2, 0) is 15.4 Å². The van der Waals surface area contributed by atoms with Crippen LogP contribution >= 0.6 is 0 Å². The molecule has 1 heterocycles. The molecule has 4 saturated carbocycles. The minimum Gasteiger partial charge on any atom is -0.322 e. The first-order chi connectivity index (χ1) is 17.3. The molecular formula is C28H30N4O3S. The highest BCUT2D eigenvalue weighted by atomic mass is 32.2. The Morgan fingerprint density at radius 1 is 0.889 bits per heavy atom. The molecule has 2 N–H and O–H groups in total. The number of anilines is 2. The molecule has 0 unspecified atom stereocenters. The maximum absolute atomic E-state index is 12.9. The fourth-order valence-corrected chi connectivity index (χ4v) is 7.99. The van der Waals surface area contributed by atoms with Gasteiger partial charge in [0.15, 0.2) is 0 Å². The molecule has 0 radical (unpaired) electrons. The van der Waals surface area contributed by atoms with Crippen LogP contribution in [0.15, 0.2) is 65.7 Å². The van der Waals surface area contributed by atoms with Crippen molar-refractivity contribution in [1.29, 1.82) is 0 Å². The van der Waals surface area contributed by atoms with Gasteiger partial charge >= 0.3 is 0 Å². The highest BCUT2D eigenvalue weighted by Gasteiger charge is 2.51. The first-order valence-corrected chi connectivity index (χ1v) is 14.1. The van der Waals surface area contributed by atoms with Crippen molar-refractivity contribution in [3.05, 3.63) is 77.6 Å². The van der Waals surface area contributed by atoms with E-state index in [1.807, 2.05) is 12.1 Å². The number of nitrogens with one attached hydrogen (secondary N) is 2. The third kappa shape index (κ3) is 4.39. The number of benzene rings is 2. The molecule has 7 nitrogen and oxygen atoms in total. The van der Waals surface area contributed by atoms with E-state index in [2.05, 4.69) is 32.1 Å². The molecule has 8 heteroatoms. The first-order valence-electron chi connectivity index (χ1n) is 12.6. The topological polar surface area (TPSA) is 101 Å². The molecule has 1 aromatic heterocycles. The lowest BCUT2D eigenvalue weighted by atomic mass is 9.48. The number of amides is 1. The van der Waals surface area contributed by atoms with E-state index in [0.717, 1.165) is 17.8 Å². The molecule has 3 aromatic rings. The van der Waals surface area contributed by atoms with Crippen LogP contribution in [0, 0.1) is 24.7 Å². The summed E-state index contributed by atoms with van der Waals surface area (Å²) in [6, 6.07) is 15.9. The largest absolute Gasteiger partial charge is 0.322 e. The second-order valence-electron chi connectivity index (χ2n) is 10.9. The van der Waals surface area contributed by atoms with E-state index in [0.29, 0.717) is 22.4 Å². The van der Waals surface area contributed by atoms with Gasteiger partial charge in [0.05, 0.1) is 4.90 Å². The Bertz CT molecular complexity index is 1370. The van der Waals surface area contributed by atoms with Crippen molar-refractivity contribution < 1.29 is 13.2 Å². The minimum absolute atomic E-state index is 0.0179. The molecule has 0 spiro atoms. The molecule has 4 fully saturated rings. The minimum atomic E-state index is -3.84. The summed E-state index contributed by atoms with van der Waals surface area (Å²) in [7, 11) is -3.84. The van der Waals surface area contributed by atoms with E-state index >= 15 is 0 Å². The molecule has 0 aliphatic heterocycles. The Balaban J connectivity index is 1.12. The van der Waals surface area contributed by atoms with Gasteiger partial charge in [-0.1, -0.05) is 12.1 Å². The second-order valence-corrected chi connectivity index (χ2v) is 12.6. The quantitative estimate of drug-likeness (QED) is 0.476. The van der Waals surface area contributed by atoms with Crippen LogP contribution in [0.25, 0.3) is 0 Å². The van der Waals surface area contributed by atoms with Crippen molar-refractivity contribution in [1.82, 2.24) is 9.97 Å². The zero-order valence-electron chi connectivity index (χ0n) is 20.3. The smallest absolute Gasteiger partial charge is 0.264 e. The Morgan fingerprint density at radius 2 is 1.50 bits per heavy atom. The van der Waals surface area contributed by atoms with Crippen LogP contribution in [0.2, 0.25) is 0 Å². The second kappa shape index (κ2) is 8.69. The van der Waals surface area contributed by atoms with Crippen LogP contribution in [0.4, 0.5) is 11.6 Å². The zero-order valence-corrected chi connectivity index (χ0v) is 21.1. The van der Waals surface area contributed by atoms with Gasteiger partial charge in [-0.05, 0) is 117 Å². The number of nitrogens with zero attached hydrogens (tertiary/aromatic N) is 2. The monoisotopic (exact) mass is 502 g/mol. The van der Waals surface area contributed by atoms with Crippen molar-refractivity contribution in [2.45, 2.75) is 55.8 Å². The average molecular weight is 503 g/mol. The summed E-state index contributed by atoms with van der Waals surface area (Å²) in [5.74, 6) is 2.44. The Hall–Kier alpha value is -3.26.